The minimum Gasteiger partial charge on any atom is -0.348 e. The standard InChI is InChI=1S/C16H20N4O/c21-16(18-9-8-13-10-17-11-19-13)20-15-7-3-5-12-4-1-2-6-14(12)15/h3,5,7,10-11H,1-2,4,6,8-9H2,(H,17,19)(H2,18,20,21). The second-order valence-electron chi connectivity index (χ2n) is 5.36. The number of hydrogen-bond donors (Lipinski definition) is 3. The second kappa shape index (κ2) is 6.43. The van der Waals surface area contributed by atoms with Crippen molar-refractivity contribution < 1.29 is 4.79 Å². The number of amides is 2. The molecule has 110 valence electrons. The van der Waals surface area contributed by atoms with Gasteiger partial charge in [-0.2, -0.15) is 0 Å². The van der Waals surface area contributed by atoms with Gasteiger partial charge in [0.05, 0.1) is 6.33 Å². The van der Waals surface area contributed by atoms with Crippen molar-refractivity contribution in [2.75, 3.05) is 11.9 Å². The lowest BCUT2D eigenvalue weighted by Gasteiger charge is -2.19. The summed E-state index contributed by atoms with van der Waals surface area (Å²) >= 11 is 0. The number of H-pyrrole nitrogens is 1. The lowest BCUT2D eigenvalue weighted by atomic mass is 9.90. The van der Waals surface area contributed by atoms with Gasteiger partial charge < -0.3 is 15.6 Å². The number of aryl methyl sites for hydroxylation is 1. The quantitative estimate of drug-likeness (QED) is 0.808. The zero-order valence-corrected chi connectivity index (χ0v) is 12.0. The topological polar surface area (TPSA) is 69.8 Å². The van der Waals surface area contributed by atoms with Crippen LogP contribution in [0.2, 0.25) is 0 Å². The Balaban J connectivity index is 1.55. The molecular weight excluding hydrogens is 264 g/mol. The van der Waals surface area contributed by atoms with Crippen LogP contribution in [0.3, 0.4) is 0 Å². The van der Waals surface area contributed by atoms with E-state index in [1.807, 2.05) is 12.1 Å². The Kier molecular flexibility index (Phi) is 4.19. The third kappa shape index (κ3) is 3.42. The summed E-state index contributed by atoms with van der Waals surface area (Å²) in [6.45, 7) is 0.586. The molecule has 5 nitrogen and oxygen atoms in total. The molecule has 5 heteroatoms. The van der Waals surface area contributed by atoms with Crippen molar-refractivity contribution in [3.63, 3.8) is 0 Å². The van der Waals surface area contributed by atoms with Gasteiger partial charge in [-0.25, -0.2) is 9.78 Å². The molecule has 1 aliphatic rings. The number of nitrogens with zero attached hydrogens (tertiary/aromatic N) is 1. The normalized spacial score (nSPS) is 13.5. The van der Waals surface area contributed by atoms with E-state index in [0.29, 0.717) is 6.54 Å². The first-order valence-electron chi connectivity index (χ1n) is 7.46. The Morgan fingerprint density at radius 3 is 3.05 bits per heavy atom. The van der Waals surface area contributed by atoms with Gasteiger partial charge in [0.2, 0.25) is 0 Å². The Bertz CT molecular complexity index is 607. The van der Waals surface area contributed by atoms with Crippen molar-refractivity contribution in [3.8, 4) is 0 Å². The van der Waals surface area contributed by atoms with Crippen LogP contribution in [0.5, 0.6) is 0 Å². The molecule has 0 saturated heterocycles. The molecule has 0 bridgehead atoms. The summed E-state index contributed by atoms with van der Waals surface area (Å²) in [5.41, 5.74) is 4.64. The molecule has 0 spiro atoms. The van der Waals surface area contributed by atoms with Crippen LogP contribution in [-0.2, 0) is 19.3 Å². The molecule has 0 aliphatic heterocycles. The predicted octanol–water partition coefficient (Wildman–Crippen LogP) is 2.65. The van der Waals surface area contributed by atoms with Gasteiger partial charge in [0.1, 0.15) is 0 Å². The van der Waals surface area contributed by atoms with E-state index in [0.717, 1.165) is 30.6 Å². The van der Waals surface area contributed by atoms with E-state index in [1.54, 1.807) is 12.5 Å². The smallest absolute Gasteiger partial charge is 0.319 e. The minimum absolute atomic E-state index is 0.145. The first kappa shape index (κ1) is 13.7. The van der Waals surface area contributed by atoms with E-state index in [1.165, 1.54) is 24.0 Å². The highest BCUT2D eigenvalue weighted by atomic mass is 16.2. The Morgan fingerprint density at radius 2 is 2.19 bits per heavy atom. The highest BCUT2D eigenvalue weighted by Crippen LogP contribution is 2.27. The second-order valence-corrected chi connectivity index (χ2v) is 5.36. The van der Waals surface area contributed by atoms with Crippen LogP contribution >= 0.6 is 0 Å². The van der Waals surface area contributed by atoms with E-state index in [-0.39, 0.29) is 6.03 Å². The number of benzene rings is 1. The molecule has 1 aromatic heterocycles. The molecule has 3 rings (SSSR count). The number of urea groups is 1. The maximum Gasteiger partial charge on any atom is 0.319 e. The minimum atomic E-state index is -0.145. The number of rotatable bonds is 4. The Hall–Kier alpha value is -2.30. The van der Waals surface area contributed by atoms with Crippen molar-refractivity contribution in [3.05, 3.63) is 47.5 Å². The molecule has 1 aliphatic carbocycles. The molecule has 0 unspecified atom stereocenters. The molecule has 1 aromatic carbocycles. The first-order valence-corrected chi connectivity index (χ1v) is 7.46. The number of carbonyl (C=O) groups excluding carboxylic acids is 1. The van der Waals surface area contributed by atoms with Crippen LogP contribution in [0.15, 0.2) is 30.7 Å². The number of aromatic amines is 1. The monoisotopic (exact) mass is 284 g/mol. The van der Waals surface area contributed by atoms with Crippen molar-refractivity contribution in [2.24, 2.45) is 0 Å². The fourth-order valence-corrected chi connectivity index (χ4v) is 2.80. The molecule has 0 atom stereocenters. The number of aromatic nitrogens is 2. The predicted molar refractivity (Wildman–Crippen MR) is 82.4 cm³/mol. The fraction of sp³-hybridized carbons (Fsp3) is 0.375. The van der Waals surface area contributed by atoms with Crippen molar-refractivity contribution in [1.29, 1.82) is 0 Å². The molecule has 21 heavy (non-hydrogen) atoms. The van der Waals surface area contributed by atoms with Crippen molar-refractivity contribution in [2.45, 2.75) is 32.1 Å². The first-order chi connectivity index (χ1) is 10.3. The fourth-order valence-electron chi connectivity index (χ4n) is 2.80. The molecule has 0 saturated carbocycles. The van der Waals surface area contributed by atoms with Gasteiger partial charge in [0.15, 0.2) is 0 Å². The number of anilines is 1. The molecule has 0 radical (unpaired) electrons. The molecule has 2 aromatic rings. The zero-order valence-electron chi connectivity index (χ0n) is 12.0. The average molecular weight is 284 g/mol. The largest absolute Gasteiger partial charge is 0.348 e. The van der Waals surface area contributed by atoms with Crippen molar-refractivity contribution in [1.82, 2.24) is 15.3 Å². The van der Waals surface area contributed by atoms with Crippen molar-refractivity contribution >= 4 is 11.7 Å². The van der Waals surface area contributed by atoms with Gasteiger partial charge in [-0.15, -0.1) is 0 Å². The van der Waals surface area contributed by atoms with Gasteiger partial charge in [-0.05, 0) is 42.9 Å². The maximum absolute atomic E-state index is 12.0. The highest BCUT2D eigenvalue weighted by Gasteiger charge is 2.14. The summed E-state index contributed by atoms with van der Waals surface area (Å²) in [7, 11) is 0. The van der Waals surface area contributed by atoms with Gasteiger partial charge in [-0.1, -0.05) is 12.1 Å². The van der Waals surface area contributed by atoms with Gasteiger partial charge in [0, 0.05) is 30.5 Å². The van der Waals surface area contributed by atoms with Gasteiger partial charge in [0.25, 0.3) is 0 Å². The molecule has 2 amide bonds. The SMILES string of the molecule is O=C(NCCc1cnc[nH]1)Nc1cccc2c1CCCC2. The molecule has 0 fully saturated rings. The number of hydrogen-bond acceptors (Lipinski definition) is 2. The van der Waals surface area contributed by atoms with Crippen LogP contribution in [0.4, 0.5) is 10.5 Å². The van der Waals surface area contributed by atoms with Crippen LogP contribution in [-0.4, -0.2) is 22.5 Å². The van der Waals surface area contributed by atoms with Crippen LogP contribution in [0.1, 0.15) is 29.7 Å². The Morgan fingerprint density at radius 1 is 1.29 bits per heavy atom. The lowest BCUT2D eigenvalue weighted by Crippen LogP contribution is -2.31. The summed E-state index contributed by atoms with van der Waals surface area (Å²) in [4.78, 5) is 18.9. The number of carbonyl (C=O) groups is 1. The van der Waals surface area contributed by atoms with E-state index in [9.17, 15) is 4.79 Å². The lowest BCUT2D eigenvalue weighted by molar-refractivity contribution is 0.252. The molecule has 1 heterocycles. The number of nitrogens with one attached hydrogen (secondary N) is 3. The summed E-state index contributed by atoms with van der Waals surface area (Å²) in [5.74, 6) is 0. The van der Waals surface area contributed by atoms with Crippen LogP contribution in [0.25, 0.3) is 0 Å². The Labute approximate surface area is 124 Å². The third-order valence-corrected chi connectivity index (χ3v) is 3.88. The van der Waals surface area contributed by atoms with Gasteiger partial charge >= 0.3 is 6.03 Å². The number of fused-ring (bicyclic) bond motifs is 1. The summed E-state index contributed by atoms with van der Waals surface area (Å²) in [5, 5.41) is 5.85. The summed E-state index contributed by atoms with van der Waals surface area (Å²) in [6, 6.07) is 6.02. The average Bonchev–Trinajstić information content (AvgIpc) is 3.01. The summed E-state index contributed by atoms with van der Waals surface area (Å²) < 4.78 is 0. The highest BCUT2D eigenvalue weighted by molar-refractivity contribution is 5.90. The molecule has 3 N–H and O–H groups in total. The van der Waals surface area contributed by atoms with Gasteiger partial charge in [-0.3, -0.25) is 0 Å². The van der Waals surface area contributed by atoms with E-state index in [4.69, 9.17) is 0 Å². The zero-order chi connectivity index (χ0) is 14.5. The van der Waals surface area contributed by atoms with E-state index >= 15 is 0 Å². The van der Waals surface area contributed by atoms with E-state index < -0.39 is 0 Å². The maximum atomic E-state index is 12.0. The van der Waals surface area contributed by atoms with Crippen LogP contribution in [0, 0.1) is 0 Å². The molecular formula is C16H20N4O. The van der Waals surface area contributed by atoms with Crippen LogP contribution < -0.4 is 10.6 Å². The van der Waals surface area contributed by atoms with E-state index in [2.05, 4.69) is 26.7 Å². The third-order valence-electron chi connectivity index (χ3n) is 3.88. The summed E-state index contributed by atoms with van der Waals surface area (Å²) in [6.07, 6.45) is 8.78. The number of imidazole rings is 1.